The Morgan fingerprint density at radius 3 is 2.20 bits per heavy atom. The largest absolute Gasteiger partial charge is 0.495 e. The smallest absolute Gasteiger partial charge is 0.239 e. The van der Waals surface area contributed by atoms with E-state index < -0.39 is 23.0 Å². The van der Waals surface area contributed by atoms with Crippen LogP contribution in [0.5, 0.6) is 5.75 Å². The molecule has 25 heavy (non-hydrogen) atoms. The van der Waals surface area contributed by atoms with Crippen LogP contribution >= 0.6 is 0 Å². The lowest BCUT2D eigenvalue weighted by Gasteiger charge is -2.23. The van der Waals surface area contributed by atoms with E-state index in [1.165, 1.54) is 45.2 Å². The third kappa shape index (κ3) is 4.35. The molecule has 0 radical (unpaired) electrons. The van der Waals surface area contributed by atoms with Crippen LogP contribution in [0.3, 0.4) is 0 Å². The predicted octanol–water partition coefficient (Wildman–Crippen LogP) is 3.75. The molecule has 6 heteroatoms. The quantitative estimate of drug-likeness (QED) is 0.812. The first kappa shape index (κ1) is 18.4. The summed E-state index contributed by atoms with van der Waals surface area (Å²) in [5.41, 5.74) is 0.517. The standard InChI is InChI=1S/C19H21FN2O3/c1-12-5-10-16(25-4)15(11-12)22-18(24)19(2,3)17(23)21-14-8-6-13(20)7-9-14/h5-11H,1-4H3,(H,21,23)(H,22,24). The molecule has 2 N–H and O–H groups in total. The van der Waals surface area contributed by atoms with Crippen LogP contribution in [0.25, 0.3) is 0 Å². The Kier molecular flexibility index (Phi) is 5.41. The highest BCUT2D eigenvalue weighted by atomic mass is 19.1. The highest BCUT2D eigenvalue weighted by molar-refractivity contribution is 6.14. The van der Waals surface area contributed by atoms with Crippen molar-refractivity contribution in [1.82, 2.24) is 0 Å². The number of rotatable bonds is 5. The molecule has 0 unspecified atom stereocenters. The van der Waals surface area contributed by atoms with Gasteiger partial charge in [-0.1, -0.05) is 6.07 Å². The van der Waals surface area contributed by atoms with Crippen molar-refractivity contribution in [3.05, 3.63) is 53.8 Å². The summed E-state index contributed by atoms with van der Waals surface area (Å²) in [6, 6.07) is 10.7. The minimum absolute atomic E-state index is 0.401. The van der Waals surface area contributed by atoms with Crippen LogP contribution in [-0.4, -0.2) is 18.9 Å². The first-order valence-electron chi connectivity index (χ1n) is 7.77. The Balaban J connectivity index is 2.15. The van der Waals surface area contributed by atoms with E-state index in [0.717, 1.165) is 5.56 Å². The summed E-state index contributed by atoms with van der Waals surface area (Å²) in [7, 11) is 1.51. The fourth-order valence-corrected chi connectivity index (χ4v) is 2.12. The van der Waals surface area contributed by atoms with Crippen molar-refractivity contribution < 1.29 is 18.7 Å². The average Bonchev–Trinajstić information content (AvgIpc) is 2.57. The Labute approximate surface area is 146 Å². The van der Waals surface area contributed by atoms with E-state index in [9.17, 15) is 14.0 Å². The molecule has 0 aliphatic rings. The fourth-order valence-electron chi connectivity index (χ4n) is 2.12. The minimum Gasteiger partial charge on any atom is -0.495 e. The molecule has 2 amide bonds. The predicted molar refractivity (Wildman–Crippen MR) is 95.2 cm³/mol. The monoisotopic (exact) mass is 344 g/mol. The lowest BCUT2D eigenvalue weighted by molar-refractivity contribution is -0.135. The van der Waals surface area contributed by atoms with Crippen molar-refractivity contribution in [3.63, 3.8) is 0 Å². The summed E-state index contributed by atoms with van der Waals surface area (Å²) in [6.07, 6.45) is 0. The number of hydrogen-bond acceptors (Lipinski definition) is 3. The van der Waals surface area contributed by atoms with Gasteiger partial charge in [0.25, 0.3) is 0 Å². The molecule has 2 aromatic rings. The van der Waals surface area contributed by atoms with Crippen molar-refractivity contribution in [3.8, 4) is 5.75 Å². The van der Waals surface area contributed by atoms with Crippen LogP contribution in [0.15, 0.2) is 42.5 Å². The zero-order valence-electron chi connectivity index (χ0n) is 14.6. The van der Waals surface area contributed by atoms with Crippen LogP contribution < -0.4 is 15.4 Å². The molecule has 0 aliphatic heterocycles. The van der Waals surface area contributed by atoms with Crippen molar-refractivity contribution in [2.45, 2.75) is 20.8 Å². The van der Waals surface area contributed by atoms with E-state index >= 15 is 0 Å². The summed E-state index contributed by atoms with van der Waals surface area (Å²) in [5, 5.41) is 5.35. The SMILES string of the molecule is COc1ccc(C)cc1NC(=O)C(C)(C)C(=O)Nc1ccc(F)cc1. The first-order chi connectivity index (χ1) is 11.7. The number of carbonyl (C=O) groups excluding carboxylic acids is 2. The lowest BCUT2D eigenvalue weighted by atomic mass is 9.90. The second-order valence-electron chi connectivity index (χ2n) is 6.24. The normalized spacial score (nSPS) is 10.9. The Bertz CT molecular complexity index is 786. The van der Waals surface area contributed by atoms with Gasteiger partial charge in [0.2, 0.25) is 11.8 Å². The molecule has 0 fully saturated rings. The summed E-state index contributed by atoms with van der Waals surface area (Å²) >= 11 is 0. The second kappa shape index (κ2) is 7.34. The molecule has 0 atom stereocenters. The zero-order valence-corrected chi connectivity index (χ0v) is 14.6. The third-order valence-corrected chi connectivity index (χ3v) is 3.84. The van der Waals surface area contributed by atoms with Gasteiger partial charge in [-0.3, -0.25) is 9.59 Å². The van der Waals surface area contributed by atoms with Crippen LogP contribution in [0.4, 0.5) is 15.8 Å². The van der Waals surface area contributed by atoms with Gasteiger partial charge in [0, 0.05) is 5.69 Å². The molecule has 0 aliphatic carbocycles. The topological polar surface area (TPSA) is 67.4 Å². The number of carbonyl (C=O) groups is 2. The van der Waals surface area contributed by atoms with E-state index in [1.807, 2.05) is 13.0 Å². The van der Waals surface area contributed by atoms with Crippen molar-refractivity contribution >= 4 is 23.2 Å². The minimum atomic E-state index is -1.34. The number of benzene rings is 2. The third-order valence-electron chi connectivity index (χ3n) is 3.84. The molecule has 0 bridgehead atoms. The van der Waals surface area contributed by atoms with E-state index in [4.69, 9.17) is 4.74 Å². The van der Waals surface area contributed by atoms with E-state index in [-0.39, 0.29) is 0 Å². The number of ether oxygens (including phenoxy) is 1. The molecular weight excluding hydrogens is 323 g/mol. The van der Waals surface area contributed by atoms with E-state index in [2.05, 4.69) is 10.6 Å². The van der Waals surface area contributed by atoms with Gasteiger partial charge < -0.3 is 15.4 Å². The van der Waals surface area contributed by atoms with Gasteiger partial charge in [-0.2, -0.15) is 0 Å². The Morgan fingerprint density at radius 1 is 1.00 bits per heavy atom. The summed E-state index contributed by atoms with van der Waals surface area (Å²) in [5.74, 6) is -0.866. The number of methoxy groups -OCH3 is 1. The molecule has 0 spiro atoms. The maximum absolute atomic E-state index is 12.9. The number of halogens is 1. The Morgan fingerprint density at radius 2 is 1.60 bits per heavy atom. The molecule has 0 aromatic heterocycles. The van der Waals surface area contributed by atoms with Crippen molar-refractivity contribution in [1.29, 1.82) is 0 Å². The van der Waals surface area contributed by atoms with Gasteiger partial charge >= 0.3 is 0 Å². The number of aryl methyl sites for hydroxylation is 1. The van der Waals surface area contributed by atoms with Gasteiger partial charge in [0.1, 0.15) is 17.0 Å². The lowest BCUT2D eigenvalue weighted by Crippen LogP contribution is -2.41. The van der Waals surface area contributed by atoms with Crippen LogP contribution in [0, 0.1) is 18.2 Å². The van der Waals surface area contributed by atoms with E-state index in [1.54, 1.807) is 12.1 Å². The van der Waals surface area contributed by atoms with Gasteiger partial charge in [-0.25, -0.2) is 4.39 Å². The Hall–Kier alpha value is -2.89. The maximum Gasteiger partial charge on any atom is 0.239 e. The second-order valence-corrected chi connectivity index (χ2v) is 6.24. The highest BCUT2D eigenvalue weighted by Gasteiger charge is 2.36. The zero-order chi connectivity index (χ0) is 18.6. The highest BCUT2D eigenvalue weighted by Crippen LogP contribution is 2.28. The van der Waals surface area contributed by atoms with Crippen molar-refractivity contribution in [2.75, 3.05) is 17.7 Å². The molecule has 0 heterocycles. The average molecular weight is 344 g/mol. The number of anilines is 2. The van der Waals surface area contributed by atoms with Crippen LogP contribution in [-0.2, 0) is 9.59 Å². The van der Waals surface area contributed by atoms with Crippen molar-refractivity contribution in [2.24, 2.45) is 5.41 Å². The molecule has 2 aromatic carbocycles. The molecular formula is C19H21FN2O3. The van der Waals surface area contributed by atoms with Crippen LogP contribution in [0.2, 0.25) is 0 Å². The summed E-state index contributed by atoms with van der Waals surface area (Å²) in [4.78, 5) is 25.1. The molecule has 0 saturated carbocycles. The van der Waals surface area contributed by atoms with Gasteiger partial charge in [0.15, 0.2) is 0 Å². The summed E-state index contributed by atoms with van der Waals surface area (Å²) < 4.78 is 18.2. The van der Waals surface area contributed by atoms with Gasteiger partial charge in [-0.05, 0) is 62.7 Å². The molecule has 0 saturated heterocycles. The van der Waals surface area contributed by atoms with E-state index in [0.29, 0.717) is 17.1 Å². The van der Waals surface area contributed by atoms with Gasteiger partial charge in [0.05, 0.1) is 12.8 Å². The van der Waals surface area contributed by atoms with Crippen LogP contribution in [0.1, 0.15) is 19.4 Å². The maximum atomic E-state index is 12.9. The summed E-state index contributed by atoms with van der Waals surface area (Å²) in [6.45, 7) is 4.93. The first-order valence-corrected chi connectivity index (χ1v) is 7.77. The number of hydrogen-bond donors (Lipinski definition) is 2. The number of amides is 2. The molecule has 2 rings (SSSR count). The number of nitrogens with one attached hydrogen (secondary N) is 2. The molecule has 5 nitrogen and oxygen atoms in total. The van der Waals surface area contributed by atoms with Gasteiger partial charge in [-0.15, -0.1) is 0 Å². The molecule has 132 valence electrons. The fraction of sp³-hybridized carbons (Fsp3) is 0.263.